The van der Waals surface area contributed by atoms with Crippen LogP contribution < -0.4 is 15.5 Å². The van der Waals surface area contributed by atoms with Crippen molar-refractivity contribution in [1.29, 1.82) is 0 Å². The van der Waals surface area contributed by atoms with Crippen LogP contribution in [0.2, 0.25) is 0 Å². The van der Waals surface area contributed by atoms with E-state index in [4.69, 9.17) is 4.74 Å². The molecular weight excluding hydrogens is 392 g/mol. The highest BCUT2D eigenvalue weighted by Crippen LogP contribution is 2.28. The summed E-state index contributed by atoms with van der Waals surface area (Å²) in [6.45, 7) is 6.07. The van der Waals surface area contributed by atoms with Crippen LogP contribution in [0.1, 0.15) is 17.2 Å². The van der Waals surface area contributed by atoms with E-state index in [9.17, 15) is 9.59 Å². The first kappa shape index (κ1) is 20.9. The van der Waals surface area contributed by atoms with Gasteiger partial charge in [-0.3, -0.25) is 4.90 Å². The first-order chi connectivity index (χ1) is 15.1. The Morgan fingerprint density at radius 2 is 1.71 bits per heavy atom. The van der Waals surface area contributed by atoms with Gasteiger partial charge in [0.1, 0.15) is 0 Å². The molecule has 0 aliphatic carbocycles. The van der Waals surface area contributed by atoms with Gasteiger partial charge in [-0.25, -0.2) is 9.59 Å². The first-order valence-corrected chi connectivity index (χ1v) is 10.5. The zero-order valence-electron chi connectivity index (χ0n) is 17.9. The summed E-state index contributed by atoms with van der Waals surface area (Å²) < 4.78 is 5.07. The van der Waals surface area contributed by atoms with E-state index in [1.54, 1.807) is 0 Å². The average molecular weight is 421 g/mol. The Labute approximate surface area is 182 Å². The number of rotatable bonds is 5. The molecule has 1 saturated heterocycles. The van der Waals surface area contributed by atoms with Crippen molar-refractivity contribution < 1.29 is 14.3 Å². The molecule has 31 heavy (non-hydrogen) atoms. The average Bonchev–Trinajstić information content (AvgIpc) is 2.80. The highest BCUT2D eigenvalue weighted by atomic mass is 16.5. The smallest absolute Gasteiger partial charge is 0.338 e. The van der Waals surface area contributed by atoms with E-state index in [1.165, 1.54) is 18.4 Å². The number of anilines is 1. The van der Waals surface area contributed by atoms with Crippen molar-refractivity contribution in [3.8, 4) is 0 Å². The van der Waals surface area contributed by atoms with Crippen LogP contribution in [0.25, 0.3) is 0 Å². The standard InChI is InChI=1S/C24H28N4O3/c1-17-8-6-7-11-20(17)28-14-12-27(13-15-28)16-19-21(23(29)31-2)22(26-24(30)25-19)18-9-4-3-5-10-18/h3-11,22H,12-16H2,1-2H3,(H2,25,26,30)/t22-/m0/s1. The Morgan fingerprint density at radius 3 is 2.39 bits per heavy atom. The van der Waals surface area contributed by atoms with Gasteiger partial charge < -0.3 is 20.3 Å². The summed E-state index contributed by atoms with van der Waals surface area (Å²) in [5.74, 6) is -0.435. The molecule has 0 radical (unpaired) electrons. The first-order valence-electron chi connectivity index (χ1n) is 10.5. The van der Waals surface area contributed by atoms with Crippen molar-refractivity contribution in [3.05, 3.63) is 77.0 Å². The molecule has 162 valence electrons. The monoisotopic (exact) mass is 420 g/mol. The third-order valence-corrected chi connectivity index (χ3v) is 5.90. The predicted octanol–water partition coefficient (Wildman–Crippen LogP) is 2.60. The van der Waals surface area contributed by atoms with E-state index >= 15 is 0 Å². The molecule has 1 fully saturated rings. The number of amides is 2. The van der Waals surface area contributed by atoms with Gasteiger partial charge in [0.2, 0.25) is 0 Å². The van der Waals surface area contributed by atoms with Gasteiger partial charge in [-0.15, -0.1) is 0 Å². The van der Waals surface area contributed by atoms with Gasteiger partial charge in [0.05, 0.1) is 18.7 Å². The van der Waals surface area contributed by atoms with Crippen LogP contribution in [-0.4, -0.2) is 56.7 Å². The zero-order valence-corrected chi connectivity index (χ0v) is 17.9. The largest absolute Gasteiger partial charge is 0.466 e. The second-order valence-electron chi connectivity index (χ2n) is 7.88. The molecule has 2 aliphatic heterocycles. The molecular formula is C24H28N4O3. The number of esters is 1. The van der Waals surface area contributed by atoms with Gasteiger partial charge in [-0.05, 0) is 24.1 Å². The lowest BCUT2D eigenvalue weighted by atomic mass is 9.95. The Bertz CT molecular complexity index is 981. The number of ether oxygens (including phenoxy) is 1. The Hall–Kier alpha value is -3.32. The van der Waals surface area contributed by atoms with Crippen molar-refractivity contribution in [3.63, 3.8) is 0 Å². The third kappa shape index (κ3) is 4.56. The van der Waals surface area contributed by atoms with Crippen LogP contribution in [0.5, 0.6) is 0 Å². The van der Waals surface area contributed by atoms with E-state index in [2.05, 4.69) is 51.6 Å². The lowest BCUT2D eigenvalue weighted by Gasteiger charge is -2.38. The van der Waals surface area contributed by atoms with Crippen LogP contribution in [0.15, 0.2) is 65.9 Å². The molecule has 2 aromatic rings. The van der Waals surface area contributed by atoms with Crippen molar-refractivity contribution in [2.75, 3.05) is 44.7 Å². The summed E-state index contributed by atoms with van der Waals surface area (Å²) in [6.07, 6.45) is 0. The number of benzene rings is 2. The number of aryl methyl sites for hydroxylation is 1. The van der Waals surface area contributed by atoms with Crippen LogP contribution in [0.4, 0.5) is 10.5 Å². The molecule has 2 N–H and O–H groups in total. The van der Waals surface area contributed by atoms with Crippen LogP contribution in [0.3, 0.4) is 0 Å². The number of carbonyl (C=O) groups is 2. The van der Waals surface area contributed by atoms with Crippen molar-refractivity contribution in [2.24, 2.45) is 0 Å². The molecule has 2 heterocycles. The fourth-order valence-electron chi connectivity index (χ4n) is 4.28. The molecule has 4 rings (SSSR count). The van der Waals surface area contributed by atoms with Gasteiger partial charge in [0.15, 0.2) is 0 Å². The normalized spacial score (nSPS) is 19.6. The van der Waals surface area contributed by atoms with Crippen molar-refractivity contribution >= 4 is 17.7 Å². The molecule has 2 aromatic carbocycles. The van der Waals surface area contributed by atoms with Gasteiger partial charge in [-0.1, -0.05) is 48.5 Å². The number of carbonyl (C=O) groups excluding carboxylic acids is 2. The molecule has 2 aliphatic rings. The topological polar surface area (TPSA) is 73.9 Å². The van der Waals surface area contributed by atoms with Crippen LogP contribution >= 0.6 is 0 Å². The number of para-hydroxylation sites is 1. The maximum atomic E-state index is 12.7. The van der Waals surface area contributed by atoms with Gasteiger partial charge in [-0.2, -0.15) is 0 Å². The number of nitrogens with one attached hydrogen (secondary N) is 2. The lowest BCUT2D eigenvalue weighted by Crippen LogP contribution is -2.51. The lowest BCUT2D eigenvalue weighted by molar-refractivity contribution is -0.136. The maximum absolute atomic E-state index is 12.7. The minimum Gasteiger partial charge on any atom is -0.466 e. The Balaban J connectivity index is 1.54. The maximum Gasteiger partial charge on any atom is 0.338 e. The summed E-state index contributed by atoms with van der Waals surface area (Å²) in [7, 11) is 1.37. The molecule has 0 unspecified atom stereocenters. The summed E-state index contributed by atoms with van der Waals surface area (Å²) in [5.41, 5.74) is 4.43. The SMILES string of the molecule is COC(=O)C1=C(CN2CCN(c3ccccc3C)CC2)NC(=O)N[C@H]1c1ccccc1. The zero-order chi connectivity index (χ0) is 21.8. The van der Waals surface area contributed by atoms with Gasteiger partial charge >= 0.3 is 12.0 Å². The minimum absolute atomic E-state index is 0.310. The molecule has 0 saturated carbocycles. The number of nitrogens with zero attached hydrogens (tertiary/aromatic N) is 2. The van der Waals surface area contributed by atoms with E-state index < -0.39 is 12.0 Å². The number of urea groups is 1. The van der Waals surface area contributed by atoms with Gasteiger partial charge in [0.25, 0.3) is 0 Å². The minimum atomic E-state index is -0.536. The summed E-state index contributed by atoms with van der Waals surface area (Å²) in [5, 5.41) is 5.72. The number of hydrogen-bond donors (Lipinski definition) is 2. The van der Waals surface area contributed by atoms with E-state index in [1.807, 2.05) is 30.3 Å². The highest BCUT2D eigenvalue weighted by molar-refractivity contribution is 5.95. The van der Waals surface area contributed by atoms with Crippen molar-refractivity contribution in [1.82, 2.24) is 15.5 Å². The van der Waals surface area contributed by atoms with E-state index in [0.717, 1.165) is 31.7 Å². The van der Waals surface area contributed by atoms with Crippen LogP contribution in [0, 0.1) is 6.92 Å². The summed E-state index contributed by atoms with van der Waals surface area (Å²) in [6, 6.07) is 17.0. The highest BCUT2D eigenvalue weighted by Gasteiger charge is 2.34. The molecule has 7 heteroatoms. The molecule has 1 atom stereocenters. The molecule has 7 nitrogen and oxygen atoms in total. The fourth-order valence-corrected chi connectivity index (χ4v) is 4.28. The van der Waals surface area contributed by atoms with Crippen molar-refractivity contribution in [2.45, 2.75) is 13.0 Å². The molecule has 0 bridgehead atoms. The second-order valence-corrected chi connectivity index (χ2v) is 7.88. The Kier molecular flexibility index (Phi) is 6.23. The predicted molar refractivity (Wildman–Crippen MR) is 120 cm³/mol. The molecule has 2 amide bonds. The van der Waals surface area contributed by atoms with E-state index in [-0.39, 0.29) is 6.03 Å². The summed E-state index contributed by atoms with van der Waals surface area (Å²) >= 11 is 0. The number of hydrogen-bond acceptors (Lipinski definition) is 5. The number of piperazine rings is 1. The molecule has 0 spiro atoms. The third-order valence-electron chi connectivity index (χ3n) is 5.90. The van der Waals surface area contributed by atoms with Gasteiger partial charge in [0, 0.05) is 44.1 Å². The second kappa shape index (κ2) is 9.22. The number of methoxy groups -OCH3 is 1. The van der Waals surface area contributed by atoms with Crippen LogP contribution in [-0.2, 0) is 9.53 Å². The Morgan fingerprint density at radius 1 is 1.03 bits per heavy atom. The quantitative estimate of drug-likeness (QED) is 0.728. The fraction of sp³-hybridized carbons (Fsp3) is 0.333. The van der Waals surface area contributed by atoms with E-state index in [0.29, 0.717) is 17.8 Å². The summed E-state index contributed by atoms with van der Waals surface area (Å²) in [4.78, 5) is 29.7. The molecule has 0 aromatic heterocycles.